The molecule has 8 nitrogen and oxygen atoms in total. The van der Waals surface area contributed by atoms with Gasteiger partial charge in [0.1, 0.15) is 5.84 Å². The maximum Gasteiger partial charge on any atom is 0.449 e. The van der Waals surface area contributed by atoms with E-state index < -0.39 is 12.0 Å². The topological polar surface area (TPSA) is 100 Å². The number of amides is 1. The lowest BCUT2D eigenvalue weighted by Gasteiger charge is -2.42. The molecule has 0 bridgehead atoms. The number of carbonyl (C=O) groups is 1. The minimum atomic E-state index is -4.81. The van der Waals surface area contributed by atoms with Crippen LogP contribution in [0.3, 0.4) is 0 Å². The van der Waals surface area contributed by atoms with E-state index in [0.29, 0.717) is 30.1 Å². The number of pyridine rings is 2. The Morgan fingerprint density at radius 2 is 1.94 bits per heavy atom. The van der Waals surface area contributed by atoms with Crippen molar-refractivity contribution < 1.29 is 18.0 Å². The summed E-state index contributed by atoms with van der Waals surface area (Å²) in [6.07, 6.45) is -2.48. The normalized spacial score (nSPS) is 22.1. The quantitative estimate of drug-likeness (QED) is 0.529. The second kappa shape index (κ2) is 8.60. The summed E-state index contributed by atoms with van der Waals surface area (Å²) >= 11 is 0. The molecule has 0 radical (unpaired) electrons. The molecule has 0 saturated carbocycles. The number of anilines is 1. The molecule has 2 aliphatic rings. The van der Waals surface area contributed by atoms with Crippen LogP contribution in [0, 0.1) is 29.6 Å². The number of hydrogen-bond acceptors (Lipinski definition) is 6. The number of carbonyl (C=O) groups excluding carboxylic acids is 1. The van der Waals surface area contributed by atoms with E-state index >= 15 is 0 Å². The molecule has 1 amide bonds. The smallest absolute Gasteiger partial charge is 0.371 e. The molecule has 2 saturated heterocycles. The lowest BCUT2D eigenvalue weighted by Crippen LogP contribution is -2.58. The van der Waals surface area contributed by atoms with Gasteiger partial charge in [0.15, 0.2) is 5.65 Å². The lowest BCUT2D eigenvalue weighted by atomic mass is 9.85. The number of alkyl halides is 3. The van der Waals surface area contributed by atoms with Crippen LogP contribution in [0.4, 0.5) is 18.9 Å². The molecule has 2 aromatic heterocycles. The average molecular weight is 461 g/mol. The van der Waals surface area contributed by atoms with Gasteiger partial charge in [0.2, 0.25) is 11.7 Å². The molecule has 4 rings (SSSR count). The van der Waals surface area contributed by atoms with Crippen LogP contribution in [0.25, 0.3) is 11.0 Å². The number of aryl methyl sites for hydroxylation is 1. The zero-order valence-corrected chi connectivity index (χ0v) is 18.5. The highest BCUT2D eigenvalue weighted by molar-refractivity contribution is 6.03. The number of nitrogens with one attached hydrogen (secondary N) is 2. The number of piperazine rings is 1. The third-order valence-electron chi connectivity index (χ3n) is 6.39. The van der Waals surface area contributed by atoms with Crippen LogP contribution >= 0.6 is 0 Å². The van der Waals surface area contributed by atoms with Crippen molar-refractivity contribution in [1.82, 2.24) is 19.8 Å². The zero-order chi connectivity index (χ0) is 23.9. The summed E-state index contributed by atoms with van der Waals surface area (Å²) < 4.78 is 38.5. The Hall–Kier alpha value is -3.24. The van der Waals surface area contributed by atoms with Crippen LogP contribution in [0.2, 0.25) is 0 Å². The summed E-state index contributed by atoms with van der Waals surface area (Å²) in [4.78, 5) is 26.3. The van der Waals surface area contributed by atoms with Crippen molar-refractivity contribution in [3.05, 3.63) is 30.1 Å². The summed E-state index contributed by atoms with van der Waals surface area (Å²) in [7, 11) is 0. The van der Waals surface area contributed by atoms with Gasteiger partial charge < -0.3 is 14.7 Å². The summed E-state index contributed by atoms with van der Waals surface area (Å²) in [6, 6.07) is 5.90. The van der Waals surface area contributed by atoms with Crippen LogP contribution in [0.15, 0.2) is 24.4 Å². The van der Waals surface area contributed by atoms with Gasteiger partial charge in [-0.15, -0.1) is 0 Å². The van der Waals surface area contributed by atoms with Crippen molar-refractivity contribution in [2.45, 2.75) is 26.4 Å². The van der Waals surface area contributed by atoms with E-state index in [4.69, 9.17) is 10.8 Å². The highest BCUT2D eigenvalue weighted by atomic mass is 19.4. The predicted octanol–water partition coefficient (Wildman–Crippen LogP) is 3.06. The van der Waals surface area contributed by atoms with Gasteiger partial charge in [0, 0.05) is 55.1 Å². The molecule has 176 valence electrons. The van der Waals surface area contributed by atoms with Crippen LogP contribution < -0.4 is 4.90 Å². The van der Waals surface area contributed by atoms with Crippen molar-refractivity contribution in [3.63, 3.8) is 0 Å². The zero-order valence-electron chi connectivity index (χ0n) is 18.5. The Morgan fingerprint density at radius 1 is 1.18 bits per heavy atom. The second-order valence-corrected chi connectivity index (χ2v) is 8.68. The van der Waals surface area contributed by atoms with E-state index in [0.717, 1.165) is 16.8 Å². The van der Waals surface area contributed by atoms with Gasteiger partial charge >= 0.3 is 6.18 Å². The number of rotatable bonds is 2. The molecule has 2 aromatic rings. The SMILES string of the molecule is Cc1ccc2c(N3CCC(C(=O)N4CCN(C(=N)C(F)(F)F)C(=N)C4)C(C)C3)ccnc2n1. The number of halogens is 3. The van der Waals surface area contributed by atoms with Gasteiger partial charge in [-0.25, -0.2) is 9.97 Å². The van der Waals surface area contributed by atoms with Crippen molar-refractivity contribution in [3.8, 4) is 0 Å². The summed E-state index contributed by atoms with van der Waals surface area (Å²) in [5, 5.41) is 16.2. The summed E-state index contributed by atoms with van der Waals surface area (Å²) in [5.74, 6) is -2.32. The Kier molecular flexibility index (Phi) is 5.98. The summed E-state index contributed by atoms with van der Waals surface area (Å²) in [5.41, 5.74) is 2.59. The maximum absolute atomic E-state index is 13.2. The molecule has 2 fully saturated rings. The molecule has 2 aliphatic heterocycles. The molecule has 2 unspecified atom stereocenters. The van der Waals surface area contributed by atoms with E-state index in [9.17, 15) is 18.0 Å². The largest absolute Gasteiger partial charge is 0.449 e. The van der Waals surface area contributed by atoms with Crippen LogP contribution in [0.1, 0.15) is 19.0 Å². The highest BCUT2D eigenvalue weighted by Gasteiger charge is 2.43. The standard InChI is InChI=1S/C22H26F3N7O/c1-13-11-30(17-5-7-28-19-16(17)4-3-14(2)29-19)8-6-15(13)20(33)31-9-10-32(18(26)12-31)21(27)22(23,24)25/h3-5,7,13,15,26-27H,6,8-12H2,1-2H3. The van der Waals surface area contributed by atoms with E-state index in [1.165, 1.54) is 4.90 Å². The third kappa shape index (κ3) is 4.49. The first-order valence-electron chi connectivity index (χ1n) is 10.8. The molecule has 4 heterocycles. The number of piperidine rings is 1. The van der Waals surface area contributed by atoms with Crippen molar-refractivity contribution in [2.75, 3.05) is 37.6 Å². The first-order valence-corrected chi connectivity index (χ1v) is 10.8. The monoisotopic (exact) mass is 461 g/mol. The molecular formula is C22H26F3N7O. The fourth-order valence-electron chi connectivity index (χ4n) is 4.64. The second-order valence-electron chi connectivity index (χ2n) is 8.68. The molecule has 0 aromatic carbocycles. The van der Waals surface area contributed by atoms with Crippen molar-refractivity contribution in [2.24, 2.45) is 11.8 Å². The molecule has 0 spiro atoms. The number of fused-ring (bicyclic) bond motifs is 1. The number of amidine groups is 2. The third-order valence-corrected chi connectivity index (χ3v) is 6.39. The van der Waals surface area contributed by atoms with Gasteiger partial charge in [-0.1, -0.05) is 6.92 Å². The van der Waals surface area contributed by atoms with Crippen LogP contribution in [-0.4, -0.2) is 76.2 Å². The van der Waals surface area contributed by atoms with E-state index in [-0.39, 0.29) is 43.2 Å². The highest BCUT2D eigenvalue weighted by Crippen LogP contribution is 2.32. The molecule has 11 heteroatoms. The predicted molar refractivity (Wildman–Crippen MR) is 119 cm³/mol. The van der Waals surface area contributed by atoms with Crippen LogP contribution in [-0.2, 0) is 4.79 Å². The van der Waals surface area contributed by atoms with E-state index in [2.05, 4.69) is 14.9 Å². The Labute approximate surface area is 189 Å². The summed E-state index contributed by atoms with van der Waals surface area (Å²) in [6.45, 7) is 4.87. The molecule has 33 heavy (non-hydrogen) atoms. The van der Waals surface area contributed by atoms with Gasteiger partial charge in [-0.3, -0.25) is 15.6 Å². The minimum Gasteiger partial charge on any atom is -0.371 e. The fraction of sp³-hybridized carbons (Fsp3) is 0.500. The van der Waals surface area contributed by atoms with Gasteiger partial charge in [0.25, 0.3) is 0 Å². The van der Waals surface area contributed by atoms with Gasteiger partial charge in [-0.05, 0) is 37.5 Å². The van der Waals surface area contributed by atoms with Crippen molar-refractivity contribution >= 4 is 34.3 Å². The fourth-order valence-corrected chi connectivity index (χ4v) is 4.64. The van der Waals surface area contributed by atoms with Crippen molar-refractivity contribution in [1.29, 1.82) is 10.8 Å². The van der Waals surface area contributed by atoms with E-state index in [1.807, 2.05) is 32.0 Å². The maximum atomic E-state index is 13.2. The Morgan fingerprint density at radius 3 is 2.61 bits per heavy atom. The van der Waals surface area contributed by atoms with Gasteiger partial charge in [0.05, 0.1) is 6.54 Å². The van der Waals surface area contributed by atoms with Crippen LogP contribution in [0.5, 0.6) is 0 Å². The average Bonchev–Trinajstić information content (AvgIpc) is 2.76. The number of nitrogens with zero attached hydrogens (tertiary/aromatic N) is 5. The molecule has 2 atom stereocenters. The molecular weight excluding hydrogens is 435 g/mol. The molecule has 2 N–H and O–H groups in total. The number of hydrogen-bond donors (Lipinski definition) is 2. The first-order chi connectivity index (χ1) is 15.6. The molecule has 0 aliphatic carbocycles. The number of aromatic nitrogens is 2. The Bertz CT molecular complexity index is 1100. The Balaban J connectivity index is 1.42. The first kappa shape index (κ1) is 22.9. The lowest BCUT2D eigenvalue weighted by molar-refractivity contribution is -0.137. The van der Waals surface area contributed by atoms with Gasteiger partial charge in [-0.2, -0.15) is 13.2 Å². The minimum absolute atomic E-state index is 0.0218. The van der Waals surface area contributed by atoms with E-state index in [1.54, 1.807) is 6.20 Å².